The molecule has 0 saturated heterocycles. The van der Waals surface area contributed by atoms with E-state index in [-0.39, 0.29) is 22.1 Å². The van der Waals surface area contributed by atoms with Crippen LogP contribution in [0.5, 0.6) is 5.75 Å². The first-order chi connectivity index (χ1) is 15.8. The zero-order valence-electron chi connectivity index (χ0n) is 18.8. The molecule has 0 spiro atoms. The van der Waals surface area contributed by atoms with Gasteiger partial charge in [-0.05, 0) is 61.4 Å². The van der Waals surface area contributed by atoms with Crippen LogP contribution in [0.3, 0.4) is 0 Å². The van der Waals surface area contributed by atoms with Gasteiger partial charge >= 0.3 is 11.8 Å². The van der Waals surface area contributed by atoms with Gasteiger partial charge in [-0.25, -0.2) is 4.79 Å². The molecule has 0 bridgehead atoms. The van der Waals surface area contributed by atoms with E-state index >= 15 is 0 Å². The molecule has 0 N–H and O–H groups in total. The van der Waals surface area contributed by atoms with Crippen LogP contribution in [0.4, 0.5) is 13.2 Å². The zero-order chi connectivity index (χ0) is 25.3. The van der Waals surface area contributed by atoms with Gasteiger partial charge < -0.3 is 13.5 Å². The summed E-state index contributed by atoms with van der Waals surface area (Å²) in [6.07, 6.45) is -2.54. The van der Waals surface area contributed by atoms with Gasteiger partial charge in [0.1, 0.15) is 17.0 Å². The Labute approximate surface area is 205 Å². The molecule has 182 valence electrons. The molecule has 0 aliphatic carbocycles. The van der Waals surface area contributed by atoms with E-state index in [2.05, 4.69) is 4.98 Å². The van der Waals surface area contributed by atoms with Gasteiger partial charge in [0.25, 0.3) is 0 Å². The molecule has 0 saturated carbocycles. The van der Waals surface area contributed by atoms with Crippen LogP contribution < -0.4 is 10.1 Å². The van der Waals surface area contributed by atoms with E-state index in [4.69, 9.17) is 36.9 Å². The molecule has 0 aliphatic heterocycles. The predicted octanol–water partition coefficient (Wildman–Crippen LogP) is 7.10. The SMILES string of the molecule is CCc1cc(C)cc(Cl)c1-c1c(OP(C)(=S)OCC(F)(F)F)c(C)c(-c2ccccn2)oc1=O. The van der Waals surface area contributed by atoms with Crippen LogP contribution in [-0.2, 0) is 22.8 Å². The van der Waals surface area contributed by atoms with Crippen LogP contribution in [-0.4, -0.2) is 24.4 Å². The second kappa shape index (κ2) is 10.2. The van der Waals surface area contributed by atoms with E-state index in [1.165, 1.54) is 12.9 Å². The lowest BCUT2D eigenvalue weighted by molar-refractivity contribution is -0.153. The van der Waals surface area contributed by atoms with E-state index in [0.29, 0.717) is 23.2 Å². The van der Waals surface area contributed by atoms with Gasteiger partial charge in [0.05, 0.1) is 0 Å². The van der Waals surface area contributed by atoms with Crippen LogP contribution in [0, 0.1) is 13.8 Å². The second-order valence-corrected chi connectivity index (χ2v) is 12.0. The number of alkyl halides is 3. The summed E-state index contributed by atoms with van der Waals surface area (Å²) in [5.41, 5.74) is 1.87. The van der Waals surface area contributed by atoms with Crippen molar-refractivity contribution in [3.8, 4) is 28.3 Å². The molecule has 1 aromatic carbocycles. The average Bonchev–Trinajstić information content (AvgIpc) is 2.75. The maximum absolute atomic E-state index is 13.3. The first-order valence-corrected chi connectivity index (χ1v) is 13.7. The Bertz CT molecular complexity index is 1310. The Morgan fingerprint density at radius 3 is 2.50 bits per heavy atom. The lowest BCUT2D eigenvalue weighted by Crippen LogP contribution is -2.17. The summed E-state index contributed by atoms with van der Waals surface area (Å²) in [4.78, 5) is 17.5. The number of rotatable bonds is 7. The molecule has 2 aromatic heterocycles. The molecule has 1 atom stereocenters. The van der Waals surface area contributed by atoms with Crippen molar-refractivity contribution in [2.45, 2.75) is 33.4 Å². The third-order valence-corrected chi connectivity index (χ3v) is 6.82. The number of nitrogens with zero attached hydrogens (tertiary/aromatic N) is 1. The number of hydrogen-bond donors (Lipinski definition) is 0. The lowest BCUT2D eigenvalue weighted by Gasteiger charge is -2.24. The summed E-state index contributed by atoms with van der Waals surface area (Å²) in [6, 6.07) is 8.59. The highest BCUT2D eigenvalue weighted by Crippen LogP contribution is 2.51. The van der Waals surface area contributed by atoms with Crippen LogP contribution in [0.1, 0.15) is 23.6 Å². The molecule has 0 amide bonds. The van der Waals surface area contributed by atoms with Crippen molar-refractivity contribution in [2.75, 3.05) is 13.3 Å². The molecule has 0 aliphatic rings. The first-order valence-electron chi connectivity index (χ1n) is 10.2. The molecule has 1 unspecified atom stereocenters. The molecule has 3 rings (SSSR count). The summed E-state index contributed by atoms with van der Waals surface area (Å²) in [7, 11) is 0. The summed E-state index contributed by atoms with van der Waals surface area (Å²) >= 11 is 11.8. The minimum atomic E-state index is -4.59. The van der Waals surface area contributed by atoms with E-state index < -0.39 is 24.9 Å². The average molecular weight is 532 g/mol. The van der Waals surface area contributed by atoms with Crippen molar-refractivity contribution in [1.29, 1.82) is 0 Å². The standard InChI is InChI=1S/C23H22ClF3NO4PS/c1-5-15-10-13(2)11-16(24)18(15)19-21(32-33(4,34)30-12-23(25,26)27)14(3)20(31-22(19)29)17-8-6-7-9-28-17/h6-11H,5,12H2,1-4H3. The van der Waals surface area contributed by atoms with Crippen LogP contribution in [0.15, 0.2) is 45.7 Å². The maximum Gasteiger partial charge on any atom is 0.412 e. The molecule has 2 heterocycles. The number of hydrogen-bond acceptors (Lipinski definition) is 6. The van der Waals surface area contributed by atoms with Gasteiger partial charge in [0.2, 0.25) is 6.49 Å². The first kappa shape index (κ1) is 26.4. The van der Waals surface area contributed by atoms with Crippen LogP contribution in [0.2, 0.25) is 5.02 Å². The van der Waals surface area contributed by atoms with Crippen molar-refractivity contribution in [3.63, 3.8) is 0 Å². The minimum absolute atomic E-state index is 0.0225. The Hall–Kier alpha value is -2.19. The predicted molar refractivity (Wildman–Crippen MR) is 130 cm³/mol. The van der Waals surface area contributed by atoms with E-state index in [0.717, 1.165) is 11.1 Å². The van der Waals surface area contributed by atoms with Crippen LogP contribution in [0.25, 0.3) is 22.6 Å². The second-order valence-electron chi connectivity index (χ2n) is 7.65. The summed E-state index contributed by atoms with van der Waals surface area (Å²) < 4.78 is 54.8. The van der Waals surface area contributed by atoms with Gasteiger partial charge in [-0.2, -0.15) is 13.2 Å². The smallest absolute Gasteiger partial charge is 0.412 e. The normalized spacial score (nSPS) is 13.5. The molecule has 0 radical (unpaired) electrons. The van der Waals surface area contributed by atoms with Crippen molar-refractivity contribution < 1.29 is 26.6 Å². The quantitative estimate of drug-likeness (QED) is 0.303. The molecule has 0 fully saturated rings. The molecular weight excluding hydrogens is 510 g/mol. The topological polar surface area (TPSA) is 61.6 Å². The Morgan fingerprint density at radius 2 is 1.91 bits per heavy atom. The Morgan fingerprint density at radius 1 is 1.21 bits per heavy atom. The van der Waals surface area contributed by atoms with Gasteiger partial charge in [0.15, 0.2) is 12.4 Å². The Balaban J connectivity index is 2.30. The zero-order valence-corrected chi connectivity index (χ0v) is 21.3. The van der Waals surface area contributed by atoms with E-state index in [9.17, 15) is 18.0 Å². The number of pyridine rings is 1. The summed E-state index contributed by atoms with van der Waals surface area (Å²) in [5, 5.41) is 0.277. The largest absolute Gasteiger partial charge is 0.442 e. The fourth-order valence-corrected chi connectivity index (χ4v) is 5.19. The number of halogens is 4. The van der Waals surface area contributed by atoms with Crippen molar-refractivity contribution in [1.82, 2.24) is 4.98 Å². The van der Waals surface area contributed by atoms with Crippen molar-refractivity contribution >= 4 is 29.9 Å². The molecule has 11 heteroatoms. The third-order valence-electron chi connectivity index (χ3n) is 4.87. The van der Waals surface area contributed by atoms with Gasteiger partial charge in [-0.1, -0.05) is 30.7 Å². The molecule has 34 heavy (non-hydrogen) atoms. The minimum Gasteiger partial charge on any atom is -0.442 e. The van der Waals surface area contributed by atoms with Gasteiger partial charge in [-0.3, -0.25) is 4.98 Å². The monoisotopic (exact) mass is 531 g/mol. The molecular formula is C23H22ClF3NO4PS. The summed E-state index contributed by atoms with van der Waals surface area (Å²) in [5.74, 6) is 0.0711. The highest BCUT2D eigenvalue weighted by molar-refractivity contribution is 8.09. The molecule has 3 aromatic rings. The highest BCUT2D eigenvalue weighted by Gasteiger charge is 2.33. The number of aryl methyl sites for hydroxylation is 2. The number of aromatic nitrogens is 1. The van der Waals surface area contributed by atoms with Gasteiger partial charge in [-0.15, -0.1) is 0 Å². The fourth-order valence-electron chi connectivity index (χ4n) is 3.43. The van der Waals surface area contributed by atoms with Crippen molar-refractivity contribution in [3.05, 3.63) is 68.7 Å². The Kier molecular flexibility index (Phi) is 7.92. The maximum atomic E-state index is 13.3. The molecule has 5 nitrogen and oxygen atoms in total. The van der Waals surface area contributed by atoms with E-state index in [1.54, 1.807) is 31.2 Å². The number of benzene rings is 1. The summed E-state index contributed by atoms with van der Waals surface area (Å²) in [6.45, 7) is 1.56. The fraction of sp³-hybridized carbons (Fsp3) is 0.304. The van der Waals surface area contributed by atoms with Gasteiger partial charge in [0, 0.05) is 29.0 Å². The van der Waals surface area contributed by atoms with E-state index in [1.807, 2.05) is 19.9 Å². The lowest BCUT2D eigenvalue weighted by atomic mass is 9.95. The highest BCUT2D eigenvalue weighted by atomic mass is 35.5. The van der Waals surface area contributed by atoms with Crippen LogP contribution >= 0.6 is 18.1 Å². The third kappa shape index (κ3) is 6.08. The van der Waals surface area contributed by atoms with Crippen molar-refractivity contribution in [2.24, 2.45) is 0 Å².